The van der Waals surface area contributed by atoms with Crippen molar-refractivity contribution in [1.29, 1.82) is 0 Å². The van der Waals surface area contributed by atoms with E-state index in [2.05, 4.69) is 18.7 Å². The van der Waals surface area contributed by atoms with Crippen molar-refractivity contribution in [1.82, 2.24) is 4.90 Å². The maximum atomic E-state index is 12.8. The molecule has 0 aromatic heterocycles. The molecule has 0 aliphatic rings. The Hall–Kier alpha value is -0.580. The van der Waals surface area contributed by atoms with Crippen molar-refractivity contribution in [3.8, 4) is 0 Å². The van der Waals surface area contributed by atoms with Gasteiger partial charge in [0.15, 0.2) is 0 Å². The number of hydrogen-bond acceptors (Lipinski definition) is 3. The lowest BCUT2D eigenvalue weighted by atomic mass is 10.1. The van der Waals surface area contributed by atoms with Crippen LogP contribution in [0.25, 0.3) is 0 Å². The van der Waals surface area contributed by atoms with Crippen molar-refractivity contribution in [3.63, 3.8) is 0 Å². The van der Waals surface area contributed by atoms with Crippen LogP contribution in [0.4, 0.5) is 4.39 Å². The lowest BCUT2D eigenvalue weighted by Gasteiger charge is -2.27. The molecular formula is C15H24FNOS. The Balaban J connectivity index is 2.42. The van der Waals surface area contributed by atoms with Gasteiger partial charge < -0.3 is 10.0 Å². The number of aliphatic hydroxyl groups excluding tert-OH is 1. The minimum Gasteiger partial charge on any atom is -0.387 e. The molecule has 108 valence electrons. The van der Waals surface area contributed by atoms with Gasteiger partial charge in [-0.1, -0.05) is 19.1 Å². The summed E-state index contributed by atoms with van der Waals surface area (Å²) >= 11 is 1.94. The molecule has 0 saturated carbocycles. The van der Waals surface area contributed by atoms with Gasteiger partial charge in [0.05, 0.1) is 6.10 Å². The molecule has 1 N–H and O–H groups in total. The van der Waals surface area contributed by atoms with Gasteiger partial charge in [0, 0.05) is 12.6 Å². The number of benzene rings is 1. The SMILES string of the molecule is CCSCCC(C)N(C)CC(O)c1ccc(F)cc1. The number of aliphatic hydroxyl groups is 1. The standard InChI is InChI=1S/C15H24FNOS/c1-4-19-10-9-12(2)17(3)11-15(18)13-5-7-14(16)8-6-13/h5-8,12,15,18H,4,9-11H2,1-3H3. The highest BCUT2D eigenvalue weighted by Crippen LogP contribution is 2.16. The van der Waals surface area contributed by atoms with Crippen molar-refractivity contribution in [2.45, 2.75) is 32.4 Å². The van der Waals surface area contributed by atoms with E-state index in [1.54, 1.807) is 12.1 Å². The average Bonchev–Trinajstić information content (AvgIpc) is 2.39. The second kappa shape index (κ2) is 8.56. The molecule has 0 amide bonds. The summed E-state index contributed by atoms with van der Waals surface area (Å²) in [6.07, 6.45) is 0.553. The van der Waals surface area contributed by atoms with Crippen LogP contribution < -0.4 is 0 Å². The van der Waals surface area contributed by atoms with E-state index in [9.17, 15) is 9.50 Å². The monoisotopic (exact) mass is 285 g/mol. The van der Waals surface area contributed by atoms with Crippen LogP contribution in [-0.4, -0.2) is 41.1 Å². The van der Waals surface area contributed by atoms with Crippen LogP contribution in [0.5, 0.6) is 0 Å². The van der Waals surface area contributed by atoms with Crippen molar-refractivity contribution >= 4 is 11.8 Å². The zero-order chi connectivity index (χ0) is 14.3. The molecule has 1 rings (SSSR count). The highest BCUT2D eigenvalue weighted by atomic mass is 32.2. The minimum atomic E-state index is -0.563. The smallest absolute Gasteiger partial charge is 0.123 e. The van der Waals surface area contributed by atoms with E-state index in [-0.39, 0.29) is 5.82 Å². The van der Waals surface area contributed by atoms with E-state index < -0.39 is 6.10 Å². The summed E-state index contributed by atoms with van der Waals surface area (Å²) < 4.78 is 12.8. The first-order valence-corrected chi connectivity index (χ1v) is 7.91. The second-order valence-corrected chi connectivity index (χ2v) is 6.24. The van der Waals surface area contributed by atoms with Gasteiger partial charge in [-0.15, -0.1) is 0 Å². The van der Waals surface area contributed by atoms with Gasteiger partial charge >= 0.3 is 0 Å². The third kappa shape index (κ3) is 5.93. The Morgan fingerprint density at radius 2 is 1.95 bits per heavy atom. The second-order valence-electron chi connectivity index (χ2n) is 4.84. The lowest BCUT2D eigenvalue weighted by Crippen LogP contribution is -2.33. The molecule has 0 spiro atoms. The predicted octanol–water partition coefficient (Wildman–Crippen LogP) is 3.32. The number of nitrogens with zero attached hydrogens (tertiary/aromatic N) is 1. The fourth-order valence-electron chi connectivity index (χ4n) is 1.86. The van der Waals surface area contributed by atoms with E-state index in [1.165, 1.54) is 12.1 Å². The van der Waals surface area contributed by atoms with Crippen molar-refractivity contribution in [2.24, 2.45) is 0 Å². The molecule has 0 aliphatic heterocycles. The molecule has 4 heteroatoms. The van der Waals surface area contributed by atoms with Gasteiger partial charge in [-0.2, -0.15) is 11.8 Å². The van der Waals surface area contributed by atoms with Crippen LogP contribution >= 0.6 is 11.8 Å². The summed E-state index contributed by atoms with van der Waals surface area (Å²) in [7, 11) is 2.02. The van der Waals surface area contributed by atoms with Gasteiger partial charge in [0.25, 0.3) is 0 Å². The Kier molecular flexibility index (Phi) is 7.42. The fraction of sp³-hybridized carbons (Fsp3) is 0.600. The van der Waals surface area contributed by atoms with Crippen LogP contribution in [0, 0.1) is 5.82 Å². The van der Waals surface area contributed by atoms with Crippen molar-refractivity contribution < 1.29 is 9.50 Å². The number of halogens is 1. The molecule has 0 fully saturated rings. The molecule has 2 nitrogen and oxygen atoms in total. The molecular weight excluding hydrogens is 261 g/mol. The number of rotatable bonds is 8. The molecule has 19 heavy (non-hydrogen) atoms. The molecule has 1 aromatic carbocycles. The van der Waals surface area contributed by atoms with E-state index in [4.69, 9.17) is 0 Å². The minimum absolute atomic E-state index is 0.269. The van der Waals surface area contributed by atoms with Crippen LogP contribution in [0.15, 0.2) is 24.3 Å². The number of hydrogen-bond donors (Lipinski definition) is 1. The number of likely N-dealkylation sites (N-methyl/N-ethyl adjacent to an activating group) is 1. The molecule has 0 saturated heterocycles. The summed E-state index contributed by atoms with van der Waals surface area (Å²) in [4.78, 5) is 2.16. The molecule has 2 atom stereocenters. The first-order chi connectivity index (χ1) is 9.04. The van der Waals surface area contributed by atoms with E-state index in [1.807, 2.05) is 18.8 Å². The number of thioether (sulfide) groups is 1. The highest BCUT2D eigenvalue weighted by molar-refractivity contribution is 7.99. The molecule has 1 aromatic rings. The van der Waals surface area contributed by atoms with Gasteiger partial charge in [-0.05, 0) is 49.6 Å². The van der Waals surface area contributed by atoms with Crippen LogP contribution in [-0.2, 0) is 0 Å². The third-order valence-corrected chi connectivity index (χ3v) is 4.28. The molecule has 0 heterocycles. The Morgan fingerprint density at radius 1 is 1.32 bits per heavy atom. The van der Waals surface area contributed by atoms with Gasteiger partial charge in [0.2, 0.25) is 0 Å². The van der Waals surface area contributed by atoms with Gasteiger partial charge in [-0.25, -0.2) is 4.39 Å². The van der Waals surface area contributed by atoms with Gasteiger partial charge in [0.1, 0.15) is 5.82 Å². The highest BCUT2D eigenvalue weighted by Gasteiger charge is 2.15. The summed E-state index contributed by atoms with van der Waals surface area (Å²) in [6.45, 7) is 4.91. The Bertz CT molecular complexity index is 358. The summed E-state index contributed by atoms with van der Waals surface area (Å²) in [5.41, 5.74) is 0.767. The molecule has 0 aliphatic carbocycles. The topological polar surface area (TPSA) is 23.5 Å². The maximum absolute atomic E-state index is 12.8. The van der Waals surface area contributed by atoms with Crippen molar-refractivity contribution in [2.75, 3.05) is 25.1 Å². The van der Waals surface area contributed by atoms with Crippen LogP contribution in [0.2, 0.25) is 0 Å². The normalized spacial score (nSPS) is 14.6. The molecule has 0 bridgehead atoms. The summed E-state index contributed by atoms with van der Waals surface area (Å²) in [5.74, 6) is 2.03. The van der Waals surface area contributed by atoms with Gasteiger partial charge in [-0.3, -0.25) is 0 Å². The summed E-state index contributed by atoms with van der Waals surface area (Å²) in [5, 5.41) is 10.1. The Morgan fingerprint density at radius 3 is 2.53 bits per heavy atom. The third-order valence-electron chi connectivity index (χ3n) is 3.35. The van der Waals surface area contributed by atoms with E-state index in [0.29, 0.717) is 12.6 Å². The van der Waals surface area contributed by atoms with E-state index in [0.717, 1.165) is 23.5 Å². The maximum Gasteiger partial charge on any atom is 0.123 e. The zero-order valence-electron chi connectivity index (χ0n) is 12.0. The predicted molar refractivity (Wildman–Crippen MR) is 81.1 cm³/mol. The summed E-state index contributed by atoms with van der Waals surface area (Å²) in [6, 6.07) is 6.51. The van der Waals surface area contributed by atoms with Crippen molar-refractivity contribution in [3.05, 3.63) is 35.6 Å². The van der Waals surface area contributed by atoms with E-state index >= 15 is 0 Å². The first kappa shape index (κ1) is 16.5. The molecule has 0 radical (unpaired) electrons. The molecule has 2 unspecified atom stereocenters. The zero-order valence-corrected chi connectivity index (χ0v) is 12.8. The lowest BCUT2D eigenvalue weighted by molar-refractivity contribution is 0.107. The fourth-order valence-corrected chi connectivity index (χ4v) is 2.66. The first-order valence-electron chi connectivity index (χ1n) is 6.76. The average molecular weight is 285 g/mol. The largest absolute Gasteiger partial charge is 0.387 e. The Labute approximate surface area is 120 Å². The van der Waals surface area contributed by atoms with Crippen LogP contribution in [0.3, 0.4) is 0 Å². The quantitative estimate of drug-likeness (QED) is 0.741. The van der Waals surface area contributed by atoms with Crippen LogP contribution in [0.1, 0.15) is 31.9 Å².